The minimum absolute atomic E-state index is 0.309. The van der Waals surface area contributed by atoms with E-state index >= 15 is 0 Å². The Kier molecular flexibility index (Phi) is 5.94. The summed E-state index contributed by atoms with van der Waals surface area (Å²) in [6, 6.07) is 3.86. The van der Waals surface area contributed by atoms with Crippen molar-refractivity contribution in [1.82, 2.24) is 5.32 Å². The van der Waals surface area contributed by atoms with Crippen LogP contribution in [0.3, 0.4) is 0 Å². The van der Waals surface area contributed by atoms with Crippen LogP contribution in [-0.4, -0.2) is 46.3 Å². The normalized spacial score (nSPS) is 11.9. The second-order valence-electron chi connectivity index (χ2n) is 4.22. The van der Waals surface area contributed by atoms with Gasteiger partial charge >= 0.3 is 11.9 Å². The van der Waals surface area contributed by atoms with Crippen LogP contribution in [0.25, 0.3) is 6.08 Å². The first-order valence-corrected chi connectivity index (χ1v) is 6.17. The molecule has 1 aromatic rings. The van der Waals surface area contributed by atoms with Gasteiger partial charge in [0.2, 0.25) is 12.0 Å². The zero-order valence-corrected chi connectivity index (χ0v) is 11.6. The molecular weight excluding hydrogens is 294 g/mol. The molecule has 1 unspecified atom stereocenters. The predicted molar refractivity (Wildman–Crippen MR) is 75.0 cm³/mol. The number of aliphatic carboxylic acids is 1. The van der Waals surface area contributed by atoms with Crippen LogP contribution in [0.2, 0.25) is 0 Å². The summed E-state index contributed by atoms with van der Waals surface area (Å²) in [5.74, 6) is -3.64. The molecule has 1 aromatic carbocycles. The van der Waals surface area contributed by atoms with E-state index in [1.54, 1.807) is 0 Å². The van der Waals surface area contributed by atoms with Crippen molar-refractivity contribution in [2.24, 2.45) is 0 Å². The first-order valence-electron chi connectivity index (χ1n) is 6.17. The van der Waals surface area contributed by atoms with E-state index in [1.807, 2.05) is 0 Å². The molecule has 0 spiro atoms. The maximum Gasteiger partial charge on any atom is 0.345 e. The minimum atomic E-state index is -1.59. The second-order valence-corrected chi connectivity index (χ2v) is 4.22. The summed E-state index contributed by atoms with van der Waals surface area (Å²) in [6.45, 7) is 0. The molecule has 22 heavy (non-hydrogen) atoms. The van der Waals surface area contributed by atoms with Gasteiger partial charge in [0.1, 0.15) is 0 Å². The monoisotopic (exact) mass is 309 g/mol. The van der Waals surface area contributed by atoms with E-state index in [9.17, 15) is 19.5 Å². The van der Waals surface area contributed by atoms with Gasteiger partial charge in [-0.2, -0.15) is 0 Å². The number of aromatic hydroxyl groups is 2. The SMILES string of the molecule is CNC(=O)CC(OC(=O)/C=C/c1ccc(O)c(O)c1)C(=O)O. The van der Waals surface area contributed by atoms with Gasteiger partial charge in [-0.05, 0) is 23.8 Å². The third-order valence-electron chi connectivity index (χ3n) is 2.59. The van der Waals surface area contributed by atoms with E-state index in [0.717, 1.165) is 6.08 Å². The molecule has 0 aliphatic heterocycles. The van der Waals surface area contributed by atoms with Crippen molar-refractivity contribution in [2.75, 3.05) is 7.05 Å². The number of esters is 1. The quantitative estimate of drug-likeness (QED) is 0.336. The van der Waals surface area contributed by atoms with Crippen LogP contribution in [0.5, 0.6) is 11.5 Å². The lowest BCUT2D eigenvalue weighted by Gasteiger charge is -2.11. The summed E-state index contributed by atoms with van der Waals surface area (Å²) in [4.78, 5) is 33.6. The molecule has 1 atom stereocenters. The third kappa shape index (κ3) is 5.16. The highest BCUT2D eigenvalue weighted by Gasteiger charge is 2.24. The number of phenols is 2. The number of carboxylic acids is 1. The Balaban J connectivity index is 2.70. The molecule has 8 heteroatoms. The highest BCUT2D eigenvalue weighted by molar-refractivity contribution is 5.90. The van der Waals surface area contributed by atoms with Crippen molar-refractivity contribution in [3.8, 4) is 11.5 Å². The zero-order valence-electron chi connectivity index (χ0n) is 11.6. The van der Waals surface area contributed by atoms with Crippen molar-refractivity contribution < 1.29 is 34.4 Å². The smallest absolute Gasteiger partial charge is 0.345 e. The molecule has 0 heterocycles. The highest BCUT2D eigenvalue weighted by atomic mass is 16.6. The molecule has 0 saturated carbocycles. The Hall–Kier alpha value is -3.03. The number of amides is 1. The average molecular weight is 309 g/mol. The van der Waals surface area contributed by atoms with Crippen LogP contribution >= 0.6 is 0 Å². The van der Waals surface area contributed by atoms with E-state index in [2.05, 4.69) is 10.1 Å². The lowest BCUT2D eigenvalue weighted by Crippen LogP contribution is -2.32. The molecule has 4 N–H and O–H groups in total. The van der Waals surface area contributed by atoms with Gasteiger partial charge in [0, 0.05) is 13.1 Å². The van der Waals surface area contributed by atoms with Crippen LogP contribution in [-0.2, 0) is 19.1 Å². The van der Waals surface area contributed by atoms with Gasteiger partial charge in [0.15, 0.2) is 11.5 Å². The molecule has 0 aliphatic carbocycles. The molecular formula is C14H15NO7. The Morgan fingerprint density at radius 2 is 1.95 bits per heavy atom. The van der Waals surface area contributed by atoms with Crippen LogP contribution in [0.4, 0.5) is 0 Å². The number of ether oxygens (including phenoxy) is 1. The lowest BCUT2D eigenvalue weighted by atomic mass is 10.2. The summed E-state index contributed by atoms with van der Waals surface area (Å²) < 4.78 is 4.66. The summed E-state index contributed by atoms with van der Waals surface area (Å²) in [5, 5.41) is 29.5. The summed E-state index contributed by atoms with van der Waals surface area (Å²) >= 11 is 0. The molecule has 1 amide bonds. The first kappa shape index (κ1) is 17.0. The number of hydrogen-bond acceptors (Lipinski definition) is 6. The van der Waals surface area contributed by atoms with Gasteiger partial charge in [-0.15, -0.1) is 0 Å². The van der Waals surface area contributed by atoms with E-state index in [0.29, 0.717) is 5.56 Å². The third-order valence-corrected chi connectivity index (χ3v) is 2.59. The zero-order chi connectivity index (χ0) is 16.7. The van der Waals surface area contributed by atoms with Crippen molar-refractivity contribution >= 4 is 23.9 Å². The van der Waals surface area contributed by atoms with Gasteiger partial charge in [-0.25, -0.2) is 9.59 Å². The number of phenolic OH excluding ortho intramolecular Hbond substituents is 2. The lowest BCUT2D eigenvalue weighted by molar-refractivity contribution is -0.162. The standard InChI is InChI=1S/C14H15NO7/c1-15-12(18)7-11(14(20)21)22-13(19)5-3-8-2-4-9(16)10(17)6-8/h2-6,11,16-17H,7H2,1H3,(H,15,18)(H,20,21)/b5-3+. The number of carbonyl (C=O) groups is 3. The minimum Gasteiger partial charge on any atom is -0.504 e. The predicted octanol–water partition coefficient (Wildman–Crippen LogP) is 0.243. The fourth-order valence-corrected chi connectivity index (χ4v) is 1.44. The first-order chi connectivity index (χ1) is 10.3. The van der Waals surface area contributed by atoms with Crippen LogP contribution in [0, 0.1) is 0 Å². The fraction of sp³-hybridized carbons (Fsp3) is 0.214. The molecule has 0 fully saturated rings. The molecule has 0 radical (unpaired) electrons. The Labute approximate surface area is 125 Å². The van der Waals surface area contributed by atoms with Crippen LogP contribution in [0.15, 0.2) is 24.3 Å². The van der Waals surface area contributed by atoms with E-state index < -0.39 is 30.4 Å². The molecule has 0 saturated heterocycles. The molecule has 118 valence electrons. The summed E-state index contributed by atoms with van der Waals surface area (Å²) in [7, 11) is 1.33. The maximum atomic E-state index is 11.5. The topological polar surface area (TPSA) is 133 Å². The summed E-state index contributed by atoms with van der Waals surface area (Å²) in [6.07, 6.45) is 0.127. The number of nitrogens with one attached hydrogen (secondary N) is 1. The number of carboxylic acid groups (broad SMARTS) is 1. The van der Waals surface area contributed by atoms with Crippen molar-refractivity contribution in [2.45, 2.75) is 12.5 Å². The van der Waals surface area contributed by atoms with Gasteiger partial charge < -0.3 is 25.4 Å². The van der Waals surface area contributed by atoms with Crippen molar-refractivity contribution in [3.05, 3.63) is 29.8 Å². The Morgan fingerprint density at radius 1 is 1.27 bits per heavy atom. The molecule has 1 rings (SSSR count). The number of hydrogen-bond donors (Lipinski definition) is 4. The van der Waals surface area contributed by atoms with Crippen LogP contribution in [0.1, 0.15) is 12.0 Å². The van der Waals surface area contributed by atoms with Gasteiger partial charge in [0.05, 0.1) is 6.42 Å². The van der Waals surface area contributed by atoms with Crippen molar-refractivity contribution in [1.29, 1.82) is 0 Å². The number of carbonyl (C=O) groups excluding carboxylic acids is 2. The van der Waals surface area contributed by atoms with E-state index in [-0.39, 0.29) is 11.5 Å². The number of rotatable bonds is 6. The van der Waals surface area contributed by atoms with E-state index in [1.165, 1.54) is 31.3 Å². The summed E-state index contributed by atoms with van der Waals surface area (Å²) in [5.41, 5.74) is 0.394. The van der Waals surface area contributed by atoms with Gasteiger partial charge in [-0.3, -0.25) is 4.79 Å². The van der Waals surface area contributed by atoms with Crippen molar-refractivity contribution in [3.63, 3.8) is 0 Å². The molecule has 0 bridgehead atoms. The Bertz CT molecular complexity index is 609. The maximum absolute atomic E-state index is 11.5. The average Bonchev–Trinajstić information content (AvgIpc) is 2.47. The number of benzene rings is 1. The largest absolute Gasteiger partial charge is 0.504 e. The second kappa shape index (κ2) is 7.67. The Morgan fingerprint density at radius 3 is 2.50 bits per heavy atom. The molecule has 0 aliphatic rings. The van der Waals surface area contributed by atoms with Gasteiger partial charge in [-0.1, -0.05) is 6.07 Å². The molecule has 8 nitrogen and oxygen atoms in total. The highest BCUT2D eigenvalue weighted by Crippen LogP contribution is 2.25. The molecule has 0 aromatic heterocycles. The van der Waals surface area contributed by atoms with Crippen LogP contribution < -0.4 is 5.32 Å². The van der Waals surface area contributed by atoms with Gasteiger partial charge in [0.25, 0.3) is 0 Å². The van der Waals surface area contributed by atoms with E-state index in [4.69, 9.17) is 10.2 Å². The fourth-order valence-electron chi connectivity index (χ4n) is 1.44.